The molecule has 0 heterocycles. The maximum atomic E-state index is 9.87. The van der Waals surface area contributed by atoms with Crippen molar-refractivity contribution in [3.8, 4) is 0 Å². The van der Waals surface area contributed by atoms with E-state index in [1.54, 1.807) is 0 Å². The summed E-state index contributed by atoms with van der Waals surface area (Å²) >= 11 is 8.80. The maximum absolute atomic E-state index is 9.87. The zero-order valence-electron chi connectivity index (χ0n) is 15.0. The van der Waals surface area contributed by atoms with Crippen LogP contribution in [0.15, 0.2) is 58.5 Å². The average Bonchev–Trinajstić information content (AvgIpc) is 2.71. The van der Waals surface area contributed by atoms with Gasteiger partial charge in [0.25, 0.3) is 0 Å². The van der Waals surface area contributed by atoms with Gasteiger partial charge in [-0.1, -0.05) is 48.5 Å². The van der Waals surface area contributed by atoms with Gasteiger partial charge in [0.15, 0.2) is 0 Å². The Hall–Kier alpha value is -2.63. The second kappa shape index (κ2) is 16.5. The number of nitrogens with zero attached hydrogens (tertiary/aromatic N) is 2. The zero-order valence-corrected chi connectivity index (χ0v) is 16.5. The first-order chi connectivity index (χ1) is 13.5. The third kappa shape index (κ3) is 13.6. The summed E-state index contributed by atoms with van der Waals surface area (Å²) in [6, 6.07) is 15.3. The highest BCUT2D eigenvalue weighted by molar-refractivity contribution is 6.93. The Labute approximate surface area is 173 Å². The molecule has 4 N–H and O–H groups in total. The first kappa shape index (κ1) is 25.4. The van der Waals surface area contributed by atoms with Crippen molar-refractivity contribution in [2.45, 2.75) is 26.2 Å². The molecule has 0 saturated carbocycles. The predicted octanol–water partition coefficient (Wildman–Crippen LogP) is 3.55. The minimum atomic E-state index is -0.889. The van der Waals surface area contributed by atoms with E-state index in [9.17, 15) is 9.59 Å². The number of rotatable bonds is 6. The molecule has 0 aliphatic rings. The number of benzene rings is 2. The van der Waals surface area contributed by atoms with Crippen molar-refractivity contribution in [3.05, 3.63) is 70.8 Å². The van der Waals surface area contributed by atoms with Gasteiger partial charge >= 0.3 is 4.70 Å². The van der Waals surface area contributed by atoms with Crippen LogP contribution in [0.25, 0.3) is 0 Å². The average molecular weight is 423 g/mol. The lowest BCUT2D eigenvalue weighted by Crippen LogP contribution is -2.00. The summed E-state index contributed by atoms with van der Waals surface area (Å²) in [4.78, 5) is 35.6. The minimum absolute atomic E-state index is 0.308. The second-order valence-electron chi connectivity index (χ2n) is 5.09. The van der Waals surface area contributed by atoms with Gasteiger partial charge in [0.05, 0.1) is 13.1 Å². The number of nitrogens with two attached hydrogens (primary N) is 2. The summed E-state index contributed by atoms with van der Waals surface area (Å²) in [7, 11) is 0. The fourth-order valence-electron chi connectivity index (χ4n) is 1.96. The molecule has 0 unspecified atom stereocenters. The molecule has 9 heteroatoms. The molecule has 0 aliphatic carbocycles. The lowest BCUT2D eigenvalue weighted by atomic mass is 10.1. The fraction of sp³-hybridized carbons (Fsp3) is 0.211. The monoisotopic (exact) mass is 422 g/mol. The lowest BCUT2D eigenvalue weighted by Gasteiger charge is -1.98. The van der Waals surface area contributed by atoms with Gasteiger partial charge in [0.1, 0.15) is 0 Å². The van der Waals surface area contributed by atoms with Crippen LogP contribution in [0.2, 0.25) is 0 Å². The number of hydrogen-bond acceptors (Lipinski definition) is 7. The minimum Gasteiger partial charge on any atom is -0.326 e. The van der Waals surface area contributed by atoms with E-state index in [0.29, 0.717) is 26.2 Å². The largest absolute Gasteiger partial charge is 0.326 e. The Balaban J connectivity index is 0.000000454. The molecule has 0 aromatic heterocycles. The first-order valence-corrected chi connectivity index (χ1v) is 8.70. The summed E-state index contributed by atoms with van der Waals surface area (Å²) in [5, 5.41) is 0. The SMILES string of the molecule is NCc1cccc(CN)c1.O=C(Cl)Cl.O=C=NCc1cccc(CN=C=O)c1. The molecule has 7 nitrogen and oxygen atoms in total. The highest BCUT2D eigenvalue weighted by Gasteiger charge is 1.94. The smallest absolute Gasteiger partial charge is 0.313 e. The van der Waals surface area contributed by atoms with E-state index in [1.165, 1.54) is 12.2 Å². The molecule has 0 aliphatic heterocycles. The number of carbonyl (C=O) groups excluding carboxylic acids is 3. The second-order valence-corrected chi connectivity index (χ2v) is 5.97. The number of isocyanates is 2. The van der Waals surface area contributed by atoms with Crippen LogP contribution in [-0.2, 0) is 35.8 Å². The summed E-state index contributed by atoms with van der Waals surface area (Å²) in [5.41, 5.74) is 14.9. The highest BCUT2D eigenvalue weighted by atomic mass is 35.5. The Morgan fingerprint density at radius 3 is 1.43 bits per heavy atom. The van der Waals surface area contributed by atoms with E-state index in [4.69, 9.17) is 16.3 Å². The zero-order chi connectivity index (χ0) is 21.2. The van der Waals surface area contributed by atoms with E-state index in [-0.39, 0.29) is 0 Å². The van der Waals surface area contributed by atoms with Crippen molar-refractivity contribution in [3.63, 3.8) is 0 Å². The standard InChI is InChI=1S/C10H8N2O2.C8H12N2.CCl2O/c13-7-11-5-9-2-1-3-10(4-9)6-12-8-14;9-5-7-2-1-3-8(4-7)6-10;2-1(3)4/h1-4H,5-6H2;1-4H,5-6,9-10H2;. The molecule has 0 atom stereocenters. The van der Waals surface area contributed by atoms with Crippen LogP contribution in [0.3, 0.4) is 0 Å². The van der Waals surface area contributed by atoms with Crippen LogP contribution >= 0.6 is 23.2 Å². The number of aliphatic imine (C=N–C) groups is 2. The van der Waals surface area contributed by atoms with Crippen LogP contribution in [0.5, 0.6) is 0 Å². The molecule has 0 saturated heterocycles. The van der Waals surface area contributed by atoms with Crippen molar-refractivity contribution < 1.29 is 14.4 Å². The van der Waals surface area contributed by atoms with Crippen LogP contribution in [0.1, 0.15) is 22.3 Å². The molecule has 0 radical (unpaired) electrons. The van der Waals surface area contributed by atoms with Crippen molar-refractivity contribution in [2.75, 3.05) is 0 Å². The van der Waals surface area contributed by atoms with E-state index < -0.39 is 4.70 Å². The van der Waals surface area contributed by atoms with Gasteiger partial charge < -0.3 is 11.5 Å². The molecule has 148 valence electrons. The molecular weight excluding hydrogens is 403 g/mol. The molecule has 0 bridgehead atoms. The van der Waals surface area contributed by atoms with Crippen molar-refractivity contribution in [1.82, 2.24) is 0 Å². The topological polar surface area (TPSA) is 128 Å². The van der Waals surface area contributed by atoms with Crippen molar-refractivity contribution in [2.24, 2.45) is 21.5 Å². The van der Waals surface area contributed by atoms with E-state index in [2.05, 4.69) is 33.2 Å². The van der Waals surface area contributed by atoms with Crippen molar-refractivity contribution in [1.29, 1.82) is 0 Å². The van der Waals surface area contributed by atoms with Gasteiger partial charge in [0, 0.05) is 13.1 Å². The molecule has 2 aromatic rings. The van der Waals surface area contributed by atoms with Crippen LogP contribution in [0, 0.1) is 0 Å². The third-order valence-corrected chi connectivity index (χ3v) is 3.11. The quantitative estimate of drug-likeness (QED) is 0.417. The molecule has 0 spiro atoms. The normalized spacial score (nSPS) is 8.71. The van der Waals surface area contributed by atoms with Gasteiger partial charge in [-0.15, -0.1) is 0 Å². The summed E-state index contributed by atoms with van der Waals surface area (Å²) in [6.07, 6.45) is 2.94. The summed E-state index contributed by atoms with van der Waals surface area (Å²) < 4.78 is -0.889. The van der Waals surface area contributed by atoms with Gasteiger partial charge in [-0.2, -0.15) is 0 Å². The Morgan fingerprint density at radius 1 is 0.786 bits per heavy atom. The Bertz CT molecular complexity index is 775. The Kier molecular flexibility index (Phi) is 15.0. The fourth-order valence-corrected chi connectivity index (χ4v) is 1.96. The molecule has 0 amide bonds. The number of halogens is 2. The van der Waals surface area contributed by atoms with Crippen LogP contribution in [-0.4, -0.2) is 16.9 Å². The lowest BCUT2D eigenvalue weighted by molar-refractivity contribution is 0.275. The summed E-state index contributed by atoms with van der Waals surface area (Å²) in [6.45, 7) is 1.80. The van der Waals surface area contributed by atoms with Gasteiger partial charge in [0.2, 0.25) is 12.2 Å². The molecular formula is C19H20Cl2N4O3. The van der Waals surface area contributed by atoms with E-state index in [0.717, 1.165) is 22.3 Å². The van der Waals surface area contributed by atoms with E-state index >= 15 is 0 Å². The first-order valence-electron chi connectivity index (χ1n) is 7.94. The van der Waals surface area contributed by atoms with Gasteiger partial charge in [-0.25, -0.2) is 19.6 Å². The van der Waals surface area contributed by atoms with Crippen LogP contribution < -0.4 is 11.5 Å². The molecule has 2 rings (SSSR count). The van der Waals surface area contributed by atoms with Gasteiger partial charge in [-0.05, 0) is 45.5 Å². The van der Waals surface area contributed by atoms with E-state index in [1.807, 2.05) is 48.5 Å². The Morgan fingerprint density at radius 2 is 1.11 bits per heavy atom. The predicted molar refractivity (Wildman–Crippen MR) is 109 cm³/mol. The van der Waals surface area contributed by atoms with Crippen LogP contribution in [0.4, 0.5) is 4.79 Å². The molecule has 0 fully saturated rings. The highest BCUT2D eigenvalue weighted by Crippen LogP contribution is 2.07. The maximum Gasteiger partial charge on any atom is 0.313 e. The van der Waals surface area contributed by atoms with Gasteiger partial charge in [-0.3, -0.25) is 4.79 Å². The molecule has 2 aromatic carbocycles. The van der Waals surface area contributed by atoms with Crippen molar-refractivity contribution >= 4 is 40.1 Å². The summed E-state index contributed by atoms with van der Waals surface area (Å²) in [5.74, 6) is 0. The number of hydrogen-bond donors (Lipinski definition) is 2. The molecule has 28 heavy (non-hydrogen) atoms. The number of carbonyl (C=O) groups is 1. The third-order valence-electron chi connectivity index (χ3n) is 3.11.